The lowest BCUT2D eigenvalue weighted by Gasteiger charge is -2.16. The average Bonchev–Trinajstić information content (AvgIpc) is 2.48. The molecule has 2 aromatic carbocycles. The van der Waals surface area contributed by atoms with E-state index in [0.29, 0.717) is 11.3 Å². The summed E-state index contributed by atoms with van der Waals surface area (Å²) in [4.78, 5) is 12.4. The molecule has 1 atom stereocenters. The highest BCUT2D eigenvalue weighted by Gasteiger charge is 2.13. The first-order chi connectivity index (χ1) is 11.2. The number of carbonyl (C=O) groups is 1. The van der Waals surface area contributed by atoms with Crippen LogP contribution in [0.15, 0.2) is 42.5 Å². The molecule has 0 aliphatic carbocycles. The zero-order chi connectivity index (χ0) is 17.9. The monoisotopic (exact) mass is 346 g/mol. The third-order valence-electron chi connectivity index (χ3n) is 3.81. The van der Waals surface area contributed by atoms with Crippen molar-refractivity contribution in [1.29, 1.82) is 0 Å². The quantitative estimate of drug-likeness (QED) is 0.873. The van der Waals surface area contributed by atoms with Crippen LogP contribution < -0.4 is 10.0 Å². The van der Waals surface area contributed by atoms with Gasteiger partial charge in [0.15, 0.2) is 0 Å². The van der Waals surface area contributed by atoms with Gasteiger partial charge in [-0.2, -0.15) is 0 Å². The lowest BCUT2D eigenvalue weighted by Crippen LogP contribution is -2.26. The summed E-state index contributed by atoms with van der Waals surface area (Å²) in [7, 11) is -3.33. The van der Waals surface area contributed by atoms with Crippen LogP contribution in [0.2, 0.25) is 0 Å². The molecular formula is C18H22N2O3S. The Morgan fingerprint density at radius 3 is 2.38 bits per heavy atom. The topological polar surface area (TPSA) is 75.3 Å². The van der Waals surface area contributed by atoms with Crippen LogP contribution in [0, 0.1) is 13.8 Å². The van der Waals surface area contributed by atoms with E-state index in [-0.39, 0.29) is 11.9 Å². The van der Waals surface area contributed by atoms with Gasteiger partial charge < -0.3 is 5.32 Å². The highest BCUT2D eigenvalue weighted by molar-refractivity contribution is 7.92. The second kappa shape index (κ2) is 7.05. The third kappa shape index (κ3) is 4.83. The van der Waals surface area contributed by atoms with E-state index in [0.717, 1.165) is 22.9 Å². The molecule has 1 unspecified atom stereocenters. The van der Waals surface area contributed by atoms with E-state index in [9.17, 15) is 13.2 Å². The molecule has 128 valence electrons. The molecule has 6 heteroatoms. The zero-order valence-electron chi connectivity index (χ0n) is 14.3. The summed E-state index contributed by atoms with van der Waals surface area (Å²) in [6.07, 6.45) is 1.10. The van der Waals surface area contributed by atoms with Crippen LogP contribution in [-0.2, 0) is 10.0 Å². The number of benzene rings is 2. The van der Waals surface area contributed by atoms with E-state index in [2.05, 4.69) is 10.0 Å². The molecule has 0 radical (unpaired) electrons. The lowest BCUT2D eigenvalue weighted by molar-refractivity contribution is 0.0940. The molecule has 0 saturated heterocycles. The van der Waals surface area contributed by atoms with E-state index >= 15 is 0 Å². The van der Waals surface area contributed by atoms with Crippen molar-refractivity contribution in [2.45, 2.75) is 26.8 Å². The van der Waals surface area contributed by atoms with Crippen molar-refractivity contribution in [2.75, 3.05) is 11.0 Å². The number of amides is 1. The normalized spacial score (nSPS) is 12.5. The van der Waals surface area contributed by atoms with Crippen molar-refractivity contribution >= 4 is 21.6 Å². The van der Waals surface area contributed by atoms with E-state index < -0.39 is 10.0 Å². The molecule has 0 saturated carbocycles. The maximum absolute atomic E-state index is 12.4. The molecule has 0 fully saturated rings. The van der Waals surface area contributed by atoms with E-state index in [1.165, 1.54) is 0 Å². The molecule has 2 N–H and O–H groups in total. The predicted molar refractivity (Wildman–Crippen MR) is 96.7 cm³/mol. The summed E-state index contributed by atoms with van der Waals surface area (Å²) in [5.41, 5.74) is 4.10. The first kappa shape index (κ1) is 18.0. The number of anilines is 1. The van der Waals surface area contributed by atoms with Crippen molar-refractivity contribution in [1.82, 2.24) is 5.32 Å². The molecule has 5 nitrogen and oxygen atoms in total. The zero-order valence-corrected chi connectivity index (χ0v) is 15.1. The SMILES string of the molecule is Cc1ccc(C(=O)NC(C)c2cccc(NS(C)(=O)=O)c2)cc1C. The Morgan fingerprint density at radius 2 is 1.75 bits per heavy atom. The largest absolute Gasteiger partial charge is 0.346 e. The lowest BCUT2D eigenvalue weighted by atomic mass is 10.0. The molecule has 2 aromatic rings. The Hall–Kier alpha value is -2.34. The molecule has 24 heavy (non-hydrogen) atoms. The van der Waals surface area contributed by atoms with Gasteiger partial charge in [0.2, 0.25) is 10.0 Å². The highest BCUT2D eigenvalue weighted by Crippen LogP contribution is 2.19. The van der Waals surface area contributed by atoms with Gasteiger partial charge in [-0.15, -0.1) is 0 Å². The highest BCUT2D eigenvalue weighted by atomic mass is 32.2. The van der Waals surface area contributed by atoms with Crippen molar-refractivity contribution in [3.05, 3.63) is 64.7 Å². The van der Waals surface area contributed by atoms with E-state index in [1.54, 1.807) is 24.3 Å². The predicted octanol–water partition coefficient (Wildman–Crippen LogP) is 3.17. The number of nitrogens with one attached hydrogen (secondary N) is 2. The van der Waals surface area contributed by atoms with Crippen molar-refractivity contribution < 1.29 is 13.2 Å². The van der Waals surface area contributed by atoms with Crippen molar-refractivity contribution in [3.63, 3.8) is 0 Å². The Labute approximate surface area is 143 Å². The smallest absolute Gasteiger partial charge is 0.251 e. The van der Waals surface area contributed by atoms with Gasteiger partial charge in [-0.25, -0.2) is 8.42 Å². The molecule has 0 aliphatic heterocycles. The molecule has 0 spiro atoms. The number of hydrogen-bond acceptors (Lipinski definition) is 3. The second-order valence-corrected chi connectivity index (χ2v) is 7.74. The molecule has 0 aromatic heterocycles. The summed E-state index contributed by atoms with van der Waals surface area (Å²) in [5, 5.41) is 2.93. The minimum Gasteiger partial charge on any atom is -0.346 e. The summed E-state index contributed by atoms with van der Waals surface area (Å²) >= 11 is 0. The summed E-state index contributed by atoms with van der Waals surface area (Å²) in [5.74, 6) is -0.160. The van der Waals surface area contributed by atoms with E-state index in [1.807, 2.05) is 39.0 Å². The van der Waals surface area contributed by atoms with Crippen molar-refractivity contribution in [2.24, 2.45) is 0 Å². The van der Waals surface area contributed by atoms with Crippen LogP contribution in [0.5, 0.6) is 0 Å². The molecule has 0 heterocycles. The first-order valence-corrected chi connectivity index (χ1v) is 9.51. The molecular weight excluding hydrogens is 324 g/mol. The van der Waals surface area contributed by atoms with Crippen LogP contribution >= 0.6 is 0 Å². The van der Waals surface area contributed by atoms with E-state index in [4.69, 9.17) is 0 Å². The summed E-state index contributed by atoms with van der Waals surface area (Å²) in [6, 6.07) is 12.3. The van der Waals surface area contributed by atoms with Crippen molar-refractivity contribution in [3.8, 4) is 0 Å². The van der Waals surface area contributed by atoms with Gasteiger partial charge in [0, 0.05) is 11.3 Å². The fraction of sp³-hybridized carbons (Fsp3) is 0.278. The Morgan fingerprint density at radius 1 is 1.04 bits per heavy atom. The Balaban J connectivity index is 2.14. The van der Waals surface area contributed by atoms with Gasteiger partial charge in [0.1, 0.15) is 0 Å². The van der Waals surface area contributed by atoms with Crippen LogP contribution in [0.3, 0.4) is 0 Å². The van der Waals surface area contributed by atoms with Gasteiger partial charge in [-0.3, -0.25) is 9.52 Å². The average molecular weight is 346 g/mol. The van der Waals surface area contributed by atoms with Gasteiger partial charge >= 0.3 is 0 Å². The number of sulfonamides is 1. The minimum atomic E-state index is -3.33. The van der Waals surface area contributed by atoms with Gasteiger partial charge in [-0.05, 0) is 61.7 Å². The second-order valence-electron chi connectivity index (χ2n) is 5.99. The van der Waals surface area contributed by atoms with Crippen LogP contribution in [0.1, 0.15) is 40.0 Å². The molecule has 1 amide bonds. The first-order valence-electron chi connectivity index (χ1n) is 7.61. The minimum absolute atomic E-state index is 0.160. The molecule has 0 bridgehead atoms. The third-order valence-corrected chi connectivity index (χ3v) is 4.41. The number of carbonyl (C=O) groups excluding carboxylic acids is 1. The summed E-state index contributed by atoms with van der Waals surface area (Å²) < 4.78 is 25.1. The summed E-state index contributed by atoms with van der Waals surface area (Å²) in [6.45, 7) is 5.83. The van der Waals surface area contributed by atoms with Gasteiger partial charge in [0.25, 0.3) is 5.91 Å². The maximum atomic E-state index is 12.4. The number of hydrogen-bond donors (Lipinski definition) is 2. The Bertz CT molecular complexity index is 860. The van der Waals surface area contributed by atoms with Crippen LogP contribution in [0.4, 0.5) is 5.69 Å². The standard InChI is InChI=1S/C18H22N2O3S/c1-12-8-9-16(10-13(12)2)18(21)19-14(3)15-6-5-7-17(11-15)20-24(4,22)23/h5-11,14,20H,1-4H3,(H,19,21). The van der Waals surface area contributed by atoms with Gasteiger partial charge in [-0.1, -0.05) is 18.2 Å². The van der Waals surface area contributed by atoms with Crippen LogP contribution in [-0.4, -0.2) is 20.6 Å². The fourth-order valence-electron chi connectivity index (χ4n) is 2.33. The number of rotatable bonds is 5. The molecule has 2 rings (SSSR count). The Kier molecular flexibility index (Phi) is 5.29. The number of aryl methyl sites for hydroxylation is 2. The fourth-order valence-corrected chi connectivity index (χ4v) is 2.89. The van der Waals surface area contributed by atoms with Crippen LogP contribution in [0.25, 0.3) is 0 Å². The molecule has 0 aliphatic rings. The van der Waals surface area contributed by atoms with Gasteiger partial charge in [0.05, 0.1) is 12.3 Å². The maximum Gasteiger partial charge on any atom is 0.251 e.